The molecule has 1 heterocycles. The molecule has 0 saturated heterocycles. The van der Waals surface area contributed by atoms with Gasteiger partial charge in [-0.3, -0.25) is 15.1 Å². The van der Waals surface area contributed by atoms with E-state index in [0.29, 0.717) is 0 Å². The summed E-state index contributed by atoms with van der Waals surface area (Å²) in [4.78, 5) is 24.1. The van der Waals surface area contributed by atoms with E-state index in [-0.39, 0.29) is 17.1 Å². The van der Waals surface area contributed by atoms with Crippen molar-refractivity contribution >= 4 is 17.7 Å². The number of carboxylic acids is 1. The number of carbonyl (C=O) groups excluding carboxylic acids is 1. The summed E-state index contributed by atoms with van der Waals surface area (Å²) in [6.07, 6.45) is 0. The highest BCUT2D eigenvalue weighted by molar-refractivity contribution is 6.11. The maximum absolute atomic E-state index is 12.5. The van der Waals surface area contributed by atoms with Gasteiger partial charge in [0.15, 0.2) is 0 Å². The van der Waals surface area contributed by atoms with Crippen LogP contribution >= 0.6 is 0 Å². The summed E-state index contributed by atoms with van der Waals surface area (Å²) in [5, 5.41) is 33.5. The summed E-state index contributed by atoms with van der Waals surface area (Å²) >= 11 is 0. The largest absolute Gasteiger partial charge is 0.479 e. The normalized spacial score (nSPS) is 34.2. The van der Waals surface area contributed by atoms with Crippen LogP contribution in [0.5, 0.6) is 0 Å². The summed E-state index contributed by atoms with van der Waals surface area (Å²) in [5.74, 6) is -2.48. The van der Waals surface area contributed by atoms with E-state index in [1.54, 1.807) is 12.1 Å². The molecule has 3 atom stereocenters. The van der Waals surface area contributed by atoms with Gasteiger partial charge in [-0.2, -0.15) is 0 Å². The number of guanidine groups is 1. The maximum Gasteiger partial charge on any atom is 0.346 e. The van der Waals surface area contributed by atoms with Crippen molar-refractivity contribution in [3.63, 3.8) is 0 Å². The second-order valence-electron chi connectivity index (χ2n) is 5.21. The Morgan fingerprint density at radius 1 is 1.38 bits per heavy atom. The molecule has 6 N–H and O–H groups in total. The second kappa shape index (κ2) is 3.80. The number of carboxylic acid groups (broad SMARTS) is 1. The highest BCUT2D eigenvalue weighted by Gasteiger charge is 2.74. The quantitative estimate of drug-likeness (QED) is 0.370. The molecule has 0 fully saturated rings. The zero-order chi connectivity index (χ0) is 15.6. The van der Waals surface area contributed by atoms with Gasteiger partial charge in [-0.05, 0) is 0 Å². The number of nitrogens with zero attached hydrogens (tertiary/aromatic N) is 1. The van der Waals surface area contributed by atoms with Crippen LogP contribution in [0.25, 0.3) is 0 Å². The first-order valence-electron chi connectivity index (χ1n) is 6.20. The Morgan fingerprint density at radius 3 is 2.62 bits per heavy atom. The Bertz CT molecular complexity index is 716. The van der Waals surface area contributed by atoms with Gasteiger partial charge in [0.25, 0.3) is 5.72 Å². The average Bonchev–Trinajstić information content (AvgIpc) is 2.59. The van der Waals surface area contributed by atoms with Gasteiger partial charge < -0.3 is 15.3 Å². The minimum Gasteiger partial charge on any atom is -0.479 e. The van der Waals surface area contributed by atoms with Crippen LogP contribution in [0.15, 0.2) is 24.3 Å². The minimum absolute atomic E-state index is 0.0596. The topological polar surface area (TPSA) is 136 Å². The molecule has 8 heteroatoms. The Balaban J connectivity index is 2.35. The van der Waals surface area contributed by atoms with Gasteiger partial charge in [-0.15, -0.1) is 0 Å². The first-order valence-corrected chi connectivity index (χ1v) is 6.20. The molecule has 1 aromatic rings. The summed E-state index contributed by atoms with van der Waals surface area (Å²) in [6.45, 7) is 0. The summed E-state index contributed by atoms with van der Waals surface area (Å²) in [6, 6.07) is 4.27. The fourth-order valence-corrected chi connectivity index (χ4v) is 3.09. The Labute approximate surface area is 119 Å². The Hall–Kier alpha value is -2.45. The molecule has 3 rings (SSSR count). The molecule has 0 saturated carbocycles. The number of ketones is 1. The first kappa shape index (κ1) is 13.5. The van der Waals surface area contributed by atoms with E-state index in [0.717, 1.165) is 4.58 Å². The summed E-state index contributed by atoms with van der Waals surface area (Å²) in [5.41, 5.74) is 0.977. The highest BCUT2D eigenvalue weighted by Crippen LogP contribution is 2.46. The molecule has 3 unspecified atom stereocenters. The monoisotopic (exact) mass is 292 g/mol. The number of fused-ring (bicyclic) bond motifs is 3. The molecule has 1 aliphatic carbocycles. The maximum atomic E-state index is 12.5. The van der Waals surface area contributed by atoms with Crippen molar-refractivity contribution in [3.05, 3.63) is 35.4 Å². The predicted molar refractivity (Wildman–Crippen MR) is 69.6 cm³/mol. The molecular formula is C13H14N3O5+. The van der Waals surface area contributed by atoms with E-state index in [4.69, 9.17) is 5.73 Å². The van der Waals surface area contributed by atoms with Crippen molar-refractivity contribution in [3.8, 4) is 0 Å². The molecule has 0 amide bonds. The number of benzene rings is 1. The van der Waals surface area contributed by atoms with E-state index in [1.165, 1.54) is 19.2 Å². The predicted octanol–water partition coefficient (Wildman–Crippen LogP) is -2.23. The highest BCUT2D eigenvalue weighted by atomic mass is 16.4. The van der Waals surface area contributed by atoms with Crippen LogP contribution in [-0.2, 0) is 10.5 Å². The fourth-order valence-electron chi connectivity index (χ4n) is 3.09. The third-order valence-corrected chi connectivity index (χ3v) is 4.17. The van der Waals surface area contributed by atoms with Crippen molar-refractivity contribution in [1.82, 2.24) is 5.32 Å². The first-order chi connectivity index (χ1) is 9.75. The third-order valence-electron chi connectivity index (χ3n) is 4.17. The molecule has 0 radical (unpaired) electrons. The van der Waals surface area contributed by atoms with Gasteiger partial charge in [0.05, 0.1) is 7.05 Å². The standard InChI is InChI=1S/C13H13N3O5/c1-16-8(10(18)19)12(20)9(17)6-4-2-3-5-7(6)13(12,21)15-11(16)14/h2-5,8,20-21H,1H3,(H3,14,15,18,19)/p+1. The molecule has 0 spiro atoms. The number of aliphatic hydroxyl groups is 2. The number of likely N-dealkylation sites (N-methyl/N-ethyl adjacent to an activating group) is 1. The molecule has 1 aliphatic heterocycles. The van der Waals surface area contributed by atoms with Gasteiger partial charge in [-0.25, -0.2) is 10.1 Å². The summed E-state index contributed by atoms with van der Waals surface area (Å²) < 4.78 is 1.01. The second-order valence-corrected chi connectivity index (χ2v) is 5.21. The van der Waals surface area contributed by atoms with Crippen LogP contribution in [0.1, 0.15) is 15.9 Å². The van der Waals surface area contributed by atoms with Crippen LogP contribution < -0.4 is 11.1 Å². The minimum atomic E-state index is -2.58. The van der Waals surface area contributed by atoms with E-state index in [9.17, 15) is 24.9 Å². The Kier molecular flexibility index (Phi) is 2.45. The average molecular weight is 292 g/mol. The summed E-state index contributed by atoms with van der Waals surface area (Å²) in [7, 11) is 1.31. The molecule has 8 nitrogen and oxygen atoms in total. The molecule has 0 bridgehead atoms. The molecule has 21 heavy (non-hydrogen) atoms. The van der Waals surface area contributed by atoms with E-state index in [2.05, 4.69) is 5.32 Å². The lowest BCUT2D eigenvalue weighted by atomic mass is 9.81. The van der Waals surface area contributed by atoms with Gasteiger partial charge >= 0.3 is 11.9 Å². The van der Waals surface area contributed by atoms with Crippen molar-refractivity contribution in [2.75, 3.05) is 7.05 Å². The van der Waals surface area contributed by atoms with Crippen LogP contribution in [0, 0.1) is 0 Å². The van der Waals surface area contributed by atoms with E-state index >= 15 is 0 Å². The van der Waals surface area contributed by atoms with Gasteiger partial charge in [-0.1, -0.05) is 24.3 Å². The molecule has 0 aromatic heterocycles. The van der Waals surface area contributed by atoms with Crippen molar-refractivity contribution in [2.45, 2.75) is 17.4 Å². The smallest absolute Gasteiger partial charge is 0.346 e. The number of nitrogens with two attached hydrogens (primary N) is 1. The van der Waals surface area contributed by atoms with Crippen LogP contribution in [0.4, 0.5) is 0 Å². The zero-order valence-corrected chi connectivity index (χ0v) is 11.1. The van der Waals surface area contributed by atoms with E-state index < -0.39 is 29.1 Å². The molecular weight excluding hydrogens is 278 g/mol. The van der Waals surface area contributed by atoms with Crippen LogP contribution in [0.3, 0.4) is 0 Å². The Morgan fingerprint density at radius 2 is 2.00 bits per heavy atom. The van der Waals surface area contributed by atoms with Crippen molar-refractivity contribution < 1.29 is 29.5 Å². The molecule has 2 aliphatic rings. The number of carbonyl (C=O) groups is 2. The van der Waals surface area contributed by atoms with Crippen LogP contribution in [-0.4, -0.2) is 56.3 Å². The molecule has 1 aromatic carbocycles. The number of rotatable bonds is 1. The SMILES string of the molecule is C[N+]1=C(N)NC2(O)c3ccccc3C(=O)C2(O)C1C(=O)O. The van der Waals surface area contributed by atoms with E-state index in [1.807, 2.05) is 0 Å². The lowest BCUT2D eigenvalue weighted by Crippen LogP contribution is -2.76. The third kappa shape index (κ3) is 1.33. The number of Topliss-reactive ketones (excluding diaryl/α,β-unsaturated/α-hetero) is 1. The number of aliphatic carboxylic acids is 1. The lowest BCUT2D eigenvalue weighted by Gasteiger charge is -2.41. The van der Waals surface area contributed by atoms with Crippen molar-refractivity contribution in [2.24, 2.45) is 5.73 Å². The number of hydrogen-bond acceptors (Lipinski definition) is 6. The van der Waals surface area contributed by atoms with Gasteiger partial charge in [0.1, 0.15) is 0 Å². The van der Waals surface area contributed by atoms with Crippen LogP contribution in [0.2, 0.25) is 0 Å². The number of nitrogens with one attached hydrogen (secondary N) is 1. The van der Waals surface area contributed by atoms with Gasteiger partial charge in [0, 0.05) is 11.1 Å². The zero-order valence-electron chi connectivity index (χ0n) is 11.1. The fraction of sp³-hybridized carbons (Fsp3) is 0.308. The van der Waals surface area contributed by atoms with Crippen molar-refractivity contribution in [1.29, 1.82) is 0 Å². The lowest BCUT2D eigenvalue weighted by molar-refractivity contribution is -0.562. The molecule has 110 valence electrons. The number of hydrogen-bond donors (Lipinski definition) is 5. The van der Waals surface area contributed by atoms with Gasteiger partial charge in [0.2, 0.25) is 17.4 Å².